The van der Waals surface area contributed by atoms with E-state index in [9.17, 15) is 4.39 Å². The number of hydrogen-bond donors (Lipinski definition) is 0. The Hall–Kier alpha value is -0.330. The van der Waals surface area contributed by atoms with Crippen molar-refractivity contribution < 1.29 is 4.39 Å². The molecular weight excluding hydrogens is 259 g/mol. The average molecular weight is 294 g/mol. The van der Waals surface area contributed by atoms with Crippen molar-refractivity contribution in [1.82, 2.24) is 0 Å². The second kappa shape index (κ2) is 9.64. The molecule has 0 bridgehead atoms. The molecule has 21 heavy (non-hydrogen) atoms. The molecule has 0 atom stereocenters. The summed E-state index contributed by atoms with van der Waals surface area (Å²) in [5.74, 6) is 3.86. The minimum atomic E-state index is -0.114. The van der Waals surface area contributed by atoms with E-state index in [4.69, 9.17) is 0 Å². The molecule has 0 aliphatic heterocycles. The number of halogens is 1. The highest BCUT2D eigenvalue weighted by molar-refractivity contribution is 4.84. The van der Waals surface area contributed by atoms with Gasteiger partial charge in [-0.25, -0.2) is 0 Å². The Labute approximate surface area is 131 Å². The summed E-state index contributed by atoms with van der Waals surface area (Å²) >= 11 is 0. The van der Waals surface area contributed by atoms with Crippen LogP contribution in [0.2, 0.25) is 0 Å². The Kier molecular flexibility index (Phi) is 7.82. The molecule has 0 heterocycles. The lowest BCUT2D eigenvalue weighted by Gasteiger charge is -2.38. The maximum Gasteiger partial charge on any atom is 0.0894 e. The fraction of sp³-hybridized carbons (Fsp3) is 0.900. The van der Waals surface area contributed by atoms with E-state index in [1.165, 1.54) is 64.2 Å². The van der Waals surface area contributed by atoms with Gasteiger partial charge in [0.15, 0.2) is 0 Å². The third kappa shape index (κ3) is 5.75. The molecule has 2 rings (SSSR count). The van der Waals surface area contributed by atoms with Crippen molar-refractivity contribution in [2.75, 3.05) is 6.67 Å². The quantitative estimate of drug-likeness (QED) is 0.458. The molecule has 0 radical (unpaired) electrons. The molecule has 0 saturated heterocycles. The van der Waals surface area contributed by atoms with Gasteiger partial charge in [-0.05, 0) is 82.0 Å². The lowest BCUT2D eigenvalue weighted by molar-refractivity contribution is 0.140. The number of allylic oxidation sites excluding steroid dienone is 2. The molecule has 122 valence electrons. The molecule has 2 fully saturated rings. The highest BCUT2D eigenvalue weighted by Crippen LogP contribution is 2.42. The molecular formula is C20H35F. The predicted molar refractivity (Wildman–Crippen MR) is 90.2 cm³/mol. The van der Waals surface area contributed by atoms with Gasteiger partial charge in [0.05, 0.1) is 6.67 Å². The van der Waals surface area contributed by atoms with E-state index in [1.807, 2.05) is 0 Å². The fourth-order valence-corrected chi connectivity index (χ4v) is 4.76. The zero-order chi connectivity index (χ0) is 14.9. The Morgan fingerprint density at radius 3 is 1.81 bits per heavy atom. The Balaban J connectivity index is 1.62. The van der Waals surface area contributed by atoms with Gasteiger partial charge in [0.1, 0.15) is 0 Å². The number of alkyl halides is 1. The summed E-state index contributed by atoms with van der Waals surface area (Å²) in [7, 11) is 0. The van der Waals surface area contributed by atoms with Crippen molar-refractivity contribution >= 4 is 0 Å². The smallest absolute Gasteiger partial charge is 0.0894 e. The molecule has 0 unspecified atom stereocenters. The van der Waals surface area contributed by atoms with Crippen LogP contribution in [-0.2, 0) is 0 Å². The molecule has 0 nitrogen and oxygen atoms in total. The van der Waals surface area contributed by atoms with Crippen LogP contribution < -0.4 is 0 Å². The van der Waals surface area contributed by atoms with Gasteiger partial charge in [0.25, 0.3) is 0 Å². The zero-order valence-corrected chi connectivity index (χ0v) is 14.0. The highest BCUT2D eigenvalue weighted by atomic mass is 19.1. The standard InChI is InChI=1S/C20H35F/c1-2-3-4-6-17-8-12-19(13-9-17)20-14-10-18(11-15-20)7-5-16-21/h2-3,17-20H,4-16H2,1H3/b3-2+. The lowest BCUT2D eigenvalue weighted by atomic mass is 9.68. The molecule has 0 aromatic carbocycles. The summed E-state index contributed by atoms with van der Waals surface area (Å²) in [5.41, 5.74) is 0. The van der Waals surface area contributed by atoms with Crippen LogP contribution in [0.4, 0.5) is 4.39 Å². The second-order valence-electron chi connectivity index (χ2n) is 7.54. The zero-order valence-electron chi connectivity index (χ0n) is 14.0. The van der Waals surface area contributed by atoms with Gasteiger partial charge in [0.2, 0.25) is 0 Å². The Morgan fingerprint density at radius 1 is 0.810 bits per heavy atom. The summed E-state index contributed by atoms with van der Waals surface area (Å²) in [4.78, 5) is 0. The van der Waals surface area contributed by atoms with Crippen LogP contribution in [0.3, 0.4) is 0 Å². The second-order valence-corrected chi connectivity index (χ2v) is 7.54. The molecule has 0 spiro atoms. The Morgan fingerprint density at radius 2 is 1.33 bits per heavy atom. The third-order valence-electron chi connectivity index (χ3n) is 6.17. The molecule has 1 heteroatoms. The minimum Gasteiger partial charge on any atom is -0.251 e. The van der Waals surface area contributed by atoms with Gasteiger partial charge >= 0.3 is 0 Å². The van der Waals surface area contributed by atoms with Crippen LogP contribution in [0.15, 0.2) is 12.2 Å². The van der Waals surface area contributed by atoms with Gasteiger partial charge in [-0.15, -0.1) is 0 Å². The van der Waals surface area contributed by atoms with Crippen molar-refractivity contribution in [2.24, 2.45) is 23.7 Å². The molecule has 0 aromatic heterocycles. The van der Waals surface area contributed by atoms with Crippen LogP contribution in [-0.4, -0.2) is 6.67 Å². The number of hydrogen-bond acceptors (Lipinski definition) is 0. The monoisotopic (exact) mass is 294 g/mol. The molecule has 0 amide bonds. The van der Waals surface area contributed by atoms with E-state index in [0.717, 1.165) is 36.5 Å². The fourth-order valence-electron chi connectivity index (χ4n) is 4.76. The molecule has 2 saturated carbocycles. The van der Waals surface area contributed by atoms with E-state index >= 15 is 0 Å². The summed E-state index contributed by atoms with van der Waals surface area (Å²) < 4.78 is 12.3. The summed E-state index contributed by atoms with van der Waals surface area (Å²) in [6.07, 6.45) is 20.7. The minimum absolute atomic E-state index is 0.114. The number of rotatable bonds is 7. The van der Waals surface area contributed by atoms with Gasteiger partial charge in [-0.2, -0.15) is 0 Å². The van der Waals surface area contributed by atoms with E-state index in [0.29, 0.717) is 0 Å². The molecule has 0 aromatic rings. The highest BCUT2D eigenvalue weighted by Gasteiger charge is 2.30. The van der Waals surface area contributed by atoms with Crippen molar-refractivity contribution in [3.8, 4) is 0 Å². The van der Waals surface area contributed by atoms with Crippen LogP contribution in [0, 0.1) is 23.7 Å². The van der Waals surface area contributed by atoms with E-state index in [1.54, 1.807) is 0 Å². The van der Waals surface area contributed by atoms with Crippen LogP contribution >= 0.6 is 0 Å². The maximum atomic E-state index is 12.3. The van der Waals surface area contributed by atoms with Gasteiger partial charge < -0.3 is 0 Å². The van der Waals surface area contributed by atoms with Crippen molar-refractivity contribution in [3.63, 3.8) is 0 Å². The van der Waals surface area contributed by atoms with Gasteiger partial charge in [-0.1, -0.05) is 37.8 Å². The molecule has 2 aliphatic carbocycles. The predicted octanol–water partition coefficient (Wildman–Crippen LogP) is 6.71. The maximum absolute atomic E-state index is 12.3. The Bertz CT molecular complexity index is 280. The third-order valence-corrected chi connectivity index (χ3v) is 6.17. The first-order valence-corrected chi connectivity index (χ1v) is 9.50. The summed E-state index contributed by atoms with van der Waals surface area (Å²) in [5, 5.41) is 0. The largest absolute Gasteiger partial charge is 0.251 e. The van der Waals surface area contributed by atoms with Crippen molar-refractivity contribution in [2.45, 2.75) is 84.0 Å². The van der Waals surface area contributed by atoms with Crippen LogP contribution in [0.25, 0.3) is 0 Å². The SMILES string of the molecule is C/C=C/CCC1CCC(C2CCC(CCCF)CC2)CC1. The average Bonchev–Trinajstić information content (AvgIpc) is 2.54. The van der Waals surface area contributed by atoms with E-state index < -0.39 is 0 Å². The lowest BCUT2D eigenvalue weighted by Crippen LogP contribution is -2.25. The first-order valence-electron chi connectivity index (χ1n) is 9.50. The summed E-state index contributed by atoms with van der Waals surface area (Å²) in [6, 6.07) is 0. The van der Waals surface area contributed by atoms with E-state index in [2.05, 4.69) is 19.1 Å². The first kappa shape index (κ1) is 17.0. The summed E-state index contributed by atoms with van der Waals surface area (Å²) in [6.45, 7) is 2.01. The van der Waals surface area contributed by atoms with E-state index in [-0.39, 0.29) is 6.67 Å². The van der Waals surface area contributed by atoms with Gasteiger partial charge in [0, 0.05) is 0 Å². The first-order chi connectivity index (χ1) is 10.3. The molecule has 2 aliphatic rings. The van der Waals surface area contributed by atoms with Crippen molar-refractivity contribution in [3.05, 3.63) is 12.2 Å². The van der Waals surface area contributed by atoms with Crippen LogP contribution in [0.5, 0.6) is 0 Å². The molecule has 0 N–H and O–H groups in total. The van der Waals surface area contributed by atoms with Gasteiger partial charge in [-0.3, -0.25) is 4.39 Å². The normalized spacial score (nSPS) is 34.4. The topological polar surface area (TPSA) is 0 Å². The van der Waals surface area contributed by atoms with Crippen molar-refractivity contribution in [1.29, 1.82) is 0 Å². The van der Waals surface area contributed by atoms with Crippen LogP contribution in [0.1, 0.15) is 84.0 Å².